The summed E-state index contributed by atoms with van der Waals surface area (Å²) in [5, 5.41) is 4.11. The number of hydrogen-bond donors (Lipinski definition) is 1. The molecule has 0 aliphatic heterocycles. The number of carbonyl (C=O) groups excluding carboxylic acids is 1. The molecule has 0 heterocycles. The molecule has 0 unspecified atom stereocenters. The third kappa shape index (κ3) is 11.6. The lowest BCUT2D eigenvalue weighted by Crippen LogP contribution is -2.18. The number of carbonyl (C=O) groups is 1. The maximum absolute atomic E-state index is 11.5. The fourth-order valence-electron chi connectivity index (χ4n) is 1.92. The van der Waals surface area contributed by atoms with Gasteiger partial charge >= 0.3 is 0 Å². The Hall–Kier alpha value is -0.860. The first kappa shape index (κ1) is 17.1. The van der Waals surface area contributed by atoms with Crippen molar-refractivity contribution in [3.63, 3.8) is 0 Å². The van der Waals surface area contributed by atoms with Gasteiger partial charge in [-0.05, 0) is 25.7 Å². The minimum absolute atomic E-state index is 0.0496. The van der Waals surface area contributed by atoms with Crippen molar-refractivity contribution in [3.8, 4) is 0 Å². The SMILES string of the molecule is CCCCCCCCC(=O)NN=C(C)CC(C)C. The van der Waals surface area contributed by atoms with Crippen LogP contribution in [0.25, 0.3) is 0 Å². The molecule has 0 spiro atoms. The Morgan fingerprint density at radius 3 is 2.33 bits per heavy atom. The summed E-state index contributed by atoms with van der Waals surface area (Å²) >= 11 is 0. The van der Waals surface area contributed by atoms with Gasteiger partial charge in [0.2, 0.25) is 5.91 Å². The van der Waals surface area contributed by atoms with Crippen LogP contribution in [0.4, 0.5) is 0 Å². The first-order valence-corrected chi connectivity index (χ1v) is 7.38. The number of unbranched alkanes of at least 4 members (excludes halogenated alkanes) is 5. The van der Waals surface area contributed by atoms with Crippen LogP contribution in [-0.4, -0.2) is 11.6 Å². The molecular formula is C15H30N2O. The van der Waals surface area contributed by atoms with Crippen LogP contribution in [0.5, 0.6) is 0 Å². The Kier molecular flexibility index (Phi) is 10.7. The molecule has 3 heteroatoms. The second-order valence-corrected chi connectivity index (χ2v) is 5.50. The zero-order valence-electron chi connectivity index (χ0n) is 12.6. The summed E-state index contributed by atoms with van der Waals surface area (Å²) in [5.74, 6) is 0.637. The van der Waals surface area contributed by atoms with Crippen molar-refractivity contribution in [2.45, 2.75) is 79.1 Å². The fourth-order valence-corrected chi connectivity index (χ4v) is 1.92. The smallest absolute Gasteiger partial charge is 0.240 e. The van der Waals surface area contributed by atoms with Crippen LogP contribution >= 0.6 is 0 Å². The molecule has 0 aliphatic rings. The highest BCUT2D eigenvalue weighted by molar-refractivity contribution is 5.84. The number of nitrogens with one attached hydrogen (secondary N) is 1. The zero-order chi connectivity index (χ0) is 13.8. The van der Waals surface area contributed by atoms with Crippen molar-refractivity contribution >= 4 is 11.6 Å². The van der Waals surface area contributed by atoms with Crippen LogP contribution < -0.4 is 5.43 Å². The van der Waals surface area contributed by atoms with Gasteiger partial charge in [0, 0.05) is 12.1 Å². The molecule has 0 radical (unpaired) electrons. The lowest BCUT2D eigenvalue weighted by molar-refractivity contribution is -0.121. The highest BCUT2D eigenvalue weighted by atomic mass is 16.2. The predicted molar refractivity (Wildman–Crippen MR) is 78.7 cm³/mol. The van der Waals surface area contributed by atoms with E-state index < -0.39 is 0 Å². The Bertz CT molecular complexity index is 247. The fraction of sp³-hybridized carbons (Fsp3) is 0.867. The van der Waals surface area contributed by atoms with Crippen molar-refractivity contribution in [3.05, 3.63) is 0 Å². The molecule has 0 atom stereocenters. The summed E-state index contributed by atoms with van der Waals surface area (Å²) < 4.78 is 0. The largest absolute Gasteiger partial charge is 0.273 e. The zero-order valence-corrected chi connectivity index (χ0v) is 12.6. The maximum Gasteiger partial charge on any atom is 0.240 e. The van der Waals surface area contributed by atoms with E-state index >= 15 is 0 Å². The van der Waals surface area contributed by atoms with Crippen molar-refractivity contribution in [2.24, 2.45) is 11.0 Å². The van der Waals surface area contributed by atoms with Crippen molar-refractivity contribution in [1.82, 2.24) is 5.43 Å². The van der Waals surface area contributed by atoms with Gasteiger partial charge in [0.15, 0.2) is 0 Å². The number of hydrogen-bond acceptors (Lipinski definition) is 2. The molecule has 0 fully saturated rings. The molecule has 1 N–H and O–H groups in total. The second kappa shape index (κ2) is 11.2. The van der Waals surface area contributed by atoms with Gasteiger partial charge in [-0.15, -0.1) is 0 Å². The molecule has 1 amide bonds. The minimum Gasteiger partial charge on any atom is -0.273 e. The monoisotopic (exact) mass is 254 g/mol. The molecule has 0 rings (SSSR count). The topological polar surface area (TPSA) is 41.5 Å². The van der Waals surface area contributed by atoms with Gasteiger partial charge in [-0.2, -0.15) is 5.10 Å². The lowest BCUT2D eigenvalue weighted by Gasteiger charge is -2.05. The third-order valence-corrected chi connectivity index (χ3v) is 2.83. The van der Waals surface area contributed by atoms with Crippen LogP contribution in [0.15, 0.2) is 5.10 Å². The van der Waals surface area contributed by atoms with Crippen molar-refractivity contribution in [1.29, 1.82) is 0 Å². The Labute approximate surface area is 112 Å². The number of rotatable bonds is 10. The molecule has 3 nitrogen and oxygen atoms in total. The third-order valence-electron chi connectivity index (χ3n) is 2.83. The summed E-state index contributed by atoms with van der Waals surface area (Å²) in [6.45, 7) is 8.48. The number of amides is 1. The van der Waals surface area contributed by atoms with E-state index in [1.807, 2.05) is 6.92 Å². The van der Waals surface area contributed by atoms with E-state index in [-0.39, 0.29) is 5.91 Å². The van der Waals surface area contributed by atoms with E-state index in [2.05, 4.69) is 31.3 Å². The summed E-state index contributed by atoms with van der Waals surface area (Å²) in [6.07, 6.45) is 8.80. The first-order chi connectivity index (χ1) is 8.56. The highest BCUT2D eigenvalue weighted by Gasteiger charge is 2.01. The van der Waals surface area contributed by atoms with E-state index in [4.69, 9.17) is 0 Å². The standard InChI is InChI=1S/C15H30N2O/c1-5-6-7-8-9-10-11-15(18)17-16-14(4)12-13(2)3/h13H,5-12H2,1-4H3,(H,17,18). The van der Waals surface area contributed by atoms with Crippen LogP contribution in [0.3, 0.4) is 0 Å². The molecule has 0 aromatic carbocycles. The van der Waals surface area contributed by atoms with Crippen LogP contribution in [-0.2, 0) is 4.79 Å². The molecule has 0 saturated carbocycles. The van der Waals surface area contributed by atoms with Gasteiger partial charge < -0.3 is 0 Å². The van der Waals surface area contributed by atoms with Gasteiger partial charge in [0.25, 0.3) is 0 Å². The van der Waals surface area contributed by atoms with E-state index in [1.165, 1.54) is 25.7 Å². The van der Waals surface area contributed by atoms with Crippen molar-refractivity contribution < 1.29 is 4.79 Å². The summed E-state index contributed by atoms with van der Waals surface area (Å²) in [6, 6.07) is 0. The quantitative estimate of drug-likeness (QED) is 0.353. The molecule has 0 aromatic heterocycles. The second-order valence-electron chi connectivity index (χ2n) is 5.50. The number of nitrogens with zero attached hydrogens (tertiary/aromatic N) is 1. The van der Waals surface area contributed by atoms with E-state index in [1.54, 1.807) is 0 Å². The van der Waals surface area contributed by atoms with E-state index in [0.29, 0.717) is 12.3 Å². The molecule has 0 aliphatic carbocycles. The van der Waals surface area contributed by atoms with Crippen molar-refractivity contribution in [2.75, 3.05) is 0 Å². The van der Waals surface area contributed by atoms with Crippen LogP contribution in [0.1, 0.15) is 79.1 Å². The minimum atomic E-state index is 0.0496. The first-order valence-electron chi connectivity index (χ1n) is 7.38. The Balaban J connectivity index is 3.53. The highest BCUT2D eigenvalue weighted by Crippen LogP contribution is 2.06. The van der Waals surface area contributed by atoms with Gasteiger partial charge in [-0.1, -0.05) is 52.9 Å². The Morgan fingerprint density at radius 1 is 1.11 bits per heavy atom. The molecule has 0 bridgehead atoms. The molecule has 18 heavy (non-hydrogen) atoms. The van der Waals surface area contributed by atoms with Gasteiger partial charge in [-0.25, -0.2) is 5.43 Å². The normalized spacial score (nSPS) is 11.9. The summed E-state index contributed by atoms with van der Waals surface area (Å²) in [7, 11) is 0. The van der Waals surface area contributed by atoms with E-state index in [0.717, 1.165) is 25.0 Å². The lowest BCUT2D eigenvalue weighted by atomic mass is 10.1. The maximum atomic E-state index is 11.5. The average molecular weight is 254 g/mol. The van der Waals surface area contributed by atoms with E-state index in [9.17, 15) is 4.79 Å². The molecular weight excluding hydrogens is 224 g/mol. The Morgan fingerprint density at radius 2 is 1.72 bits per heavy atom. The summed E-state index contributed by atoms with van der Waals surface area (Å²) in [5.41, 5.74) is 3.64. The predicted octanol–water partition coefficient (Wildman–Crippen LogP) is 4.28. The average Bonchev–Trinajstić information content (AvgIpc) is 2.30. The molecule has 0 aromatic rings. The van der Waals surface area contributed by atoms with Gasteiger partial charge in [0.1, 0.15) is 0 Å². The number of hydrazone groups is 1. The van der Waals surface area contributed by atoms with Gasteiger partial charge in [0.05, 0.1) is 0 Å². The summed E-state index contributed by atoms with van der Waals surface area (Å²) in [4.78, 5) is 11.5. The van der Waals surface area contributed by atoms with Crippen LogP contribution in [0.2, 0.25) is 0 Å². The molecule has 106 valence electrons. The van der Waals surface area contributed by atoms with Crippen LogP contribution in [0, 0.1) is 5.92 Å². The van der Waals surface area contributed by atoms with Gasteiger partial charge in [-0.3, -0.25) is 4.79 Å². The molecule has 0 saturated heterocycles.